The molecule has 6 heteroatoms. The van der Waals surface area contributed by atoms with E-state index in [4.69, 9.17) is 16.1 Å². The first-order valence-corrected chi connectivity index (χ1v) is 10.9. The smallest absolute Gasteiger partial charge is 0.282 e. The fourth-order valence-corrected chi connectivity index (χ4v) is 4.16. The number of rotatable bonds is 5. The van der Waals surface area contributed by atoms with Gasteiger partial charge in [-0.2, -0.15) is 9.78 Å². The standard InChI is InChI=1S/C24H22BrN3O2/c1-2-14-30-20-11-8-17(9-12-20)16-26-28-23(18-6-4-3-5-7-18)27-22-13-10-19(25)15-21(22)24(28)29/h1,8-13,15-16,18H,3-7,14H2. The molecule has 0 N–H and O–H groups in total. The second-order valence-electron chi connectivity index (χ2n) is 7.39. The highest BCUT2D eigenvalue weighted by atomic mass is 79.9. The summed E-state index contributed by atoms with van der Waals surface area (Å²) in [6, 6.07) is 13.0. The Balaban J connectivity index is 1.74. The van der Waals surface area contributed by atoms with Crippen LogP contribution in [0.5, 0.6) is 5.75 Å². The molecule has 2 aromatic carbocycles. The van der Waals surface area contributed by atoms with E-state index < -0.39 is 0 Å². The van der Waals surface area contributed by atoms with Gasteiger partial charge in [-0.1, -0.05) is 41.1 Å². The molecule has 0 bridgehead atoms. The van der Waals surface area contributed by atoms with E-state index in [2.05, 4.69) is 27.0 Å². The summed E-state index contributed by atoms with van der Waals surface area (Å²) in [4.78, 5) is 18.1. The first kappa shape index (κ1) is 20.4. The minimum absolute atomic E-state index is 0.146. The maximum Gasteiger partial charge on any atom is 0.282 e. The second kappa shape index (κ2) is 9.27. The third kappa shape index (κ3) is 4.47. The average molecular weight is 464 g/mol. The molecule has 1 heterocycles. The normalized spacial score (nSPS) is 14.8. The molecule has 1 aliphatic carbocycles. The van der Waals surface area contributed by atoms with Crippen LogP contribution in [0.2, 0.25) is 0 Å². The van der Waals surface area contributed by atoms with Crippen molar-refractivity contribution in [2.24, 2.45) is 5.10 Å². The Hall–Kier alpha value is -2.91. The van der Waals surface area contributed by atoms with Crippen molar-refractivity contribution in [1.82, 2.24) is 9.66 Å². The molecule has 1 aromatic heterocycles. The van der Waals surface area contributed by atoms with Crippen LogP contribution in [0.1, 0.15) is 49.4 Å². The minimum atomic E-state index is -0.146. The molecule has 0 amide bonds. The largest absolute Gasteiger partial charge is 0.481 e. The Morgan fingerprint density at radius 1 is 1.20 bits per heavy atom. The van der Waals surface area contributed by atoms with Gasteiger partial charge in [-0.25, -0.2) is 4.98 Å². The van der Waals surface area contributed by atoms with Crippen LogP contribution in [0.25, 0.3) is 10.9 Å². The van der Waals surface area contributed by atoms with E-state index >= 15 is 0 Å². The lowest BCUT2D eigenvalue weighted by Gasteiger charge is -2.22. The summed E-state index contributed by atoms with van der Waals surface area (Å²) in [6.07, 6.45) is 12.5. The van der Waals surface area contributed by atoms with E-state index in [1.807, 2.05) is 36.4 Å². The Labute approximate surface area is 183 Å². The van der Waals surface area contributed by atoms with E-state index in [0.29, 0.717) is 16.7 Å². The van der Waals surface area contributed by atoms with E-state index in [1.54, 1.807) is 12.3 Å². The summed E-state index contributed by atoms with van der Waals surface area (Å²) in [5.74, 6) is 4.14. The molecule has 1 aliphatic rings. The maximum absolute atomic E-state index is 13.3. The zero-order valence-electron chi connectivity index (χ0n) is 16.6. The lowest BCUT2D eigenvalue weighted by atomic mass is 9.88. The molecule has 0 aliphatic heterocycles. The van der Waals surface area contributed by atoms with Crippen LogP contribution in [0.4, 0.5) is 0 Å². The molecule has 0 radical (unpaired) electrons. The molecule has 0 atom stereocenters. The first-order valence-electron chi connectivity index (χ1n) is 10.1. The van der Waals surface area contributed by atoms with Gasteiger partial charge in [0.15, 0.2) is 0 Å². The Kier molecular flexibility index (Phi) is 6.29. The molecular formula is C24H22BrN3O2. The maximum atomic E-state index is 13.3. The lowest BCUT2D eigenvalue weighted by Crippen LogP contribution is -2.25. The van der Waals surface area contributed by atoms with Gasteiger partial charge in [0.2, 0.25) is 0 Å². The third-order valence-corrected chi connectivity index (χ3v) is 5.82. The van der Waals surface area contributed by atoms with Gasteiger partial charge in [-0.15, -0.1) is 6.42 Å². The van der Waals surface area contributed by atoms with Gasteiger partial charge in [0, 0.05) is 10.4 Å². The van der Waals surface area contributed by atoms with E-state index in [-0.39, 0.29) is 18.1 Å². The topological polar surface area (TPSA) is 56.5 Å². The predicted octanol–water partition coefficient (Wildman–Crippen LogP) is 5.10. The van der Waals surface area contributed by atoms with Crippen LogP contribution in [0.3, 0.4) is 0 Å². The number of aromatic nitrogens is 2. The fraction of sp³-hybridized carbons (Fsp3) is 0.292. The molecule has 3 aromatic rings. The molecule has 4 rings (SSSR count). The number of benzene rings is 2. The molecule has 0 spiro atoms. The summed E-state index contributed by atoms with van der Waals surface area (Å²) in [5, 5.41) is 5.11. The highest BCUT2D eigenvalue weighted by Crippen LogP contribution is 2.32. The summed E-state index contributed by atoms with van der Waals surface area (Å²) < 4.78 is 7.72. The van der Waals surface area contributed by atoms with Crippen molar-refractivity contribution in [2.75, 3.05) is 6.61 Å². The van der Waals surface area contributed by atoms with Crippen LogP contribution >= 0.6 is 15.9 Å². The quantitative estimate of drug-likeness (QED) is 0.390. The van der Waals surface area contributed by atoms with Gasteiger partial charge in [-0.3, -0.25) is 4.79 Å². The predicted molar refractivity (Wildman–Crippen MR) is 123 cm³/mol. The number of halogens is 1. The zero-order valence-corrected chi connectivity index (χ0v) is 18.1. The Morgan fingerprint density at radius 2 is 1.97 bits per heavy atom. The number of ether oxygens (including phenoxy) is 1. The summed E-state index contributed by atoms with van der Waals surface area (Å²) in [7, 11) is 0. The Morgan fingerprint density at radius 3 is 2.70 bits per heavy atom. The number of nitrogens with zero attached hydrogens (tertiary/aromatic N) is 3. The molecule has 0 unspecified atom stereocenters. The molecule has 0 saturated heterocycles. The molecule has 30 heavy (non-hydrogen) atoms. The van der Waals surface area contributed by atoms with Crippen molar-refractivity contribution >= 4 is 33.0 Å². The van der Waals surface area contributed by atoms with Crippen molar-refractivity contribution < 1.29 is 4.74 Å². The second-order valence-corrected chi connectivity index (χ2v) is 8.31. The van der Waals surface area contributed by atoms with Crippen molar-refractivity contribution in [3.05, 3.63) is 68.7 Å². The molecular weight excluding hydrogens is 442 g/mol. The van der Waals surface area contributed by atoms with Gasteiger partial charge in [0.1, 0.15) is 18.2 Å². The van der Waals surface area contributed by atoms with Crippen LogP contribution in [-0.4, -0.2) is 22.5 Å². The van der Waals surface area contributed by atoms with Gasteiger partial charge >= 0.3 is 0 Å². The number of hydrogen-bond donors (Lipinski definition) is 0. The summed E-state index contributed by atoms with van der Waals surface area (Å²) in [5.41, 5.74) is 1.43. The SMILES string of the molecule is C#CCOc1ccc(C=Nn2c(C3CCCCC3)nc3ccc(Br)cc3c2=O)cc1. The van der Waals surface area contributed by atoms with Crippen molar-refractivity contribution in [2.45, 2.75) is 38.0 Å². The van der Waals surface area contributed by atoms with Crippen LogP contribution in [0.15, 0.2) is 56.8 Å². The highest BCUT2D eigenvalue weighted by molar-refractivity contribution is 9.10. The van der Waals surface area contributed by atoms with Crippen LogP contribution in [0, 0.1) is 12.3 Å². The number of terminal acetylenes is 1. The fourth-order valence-electron chi connectivity index (χ4n) is 3.80. The van der Waals surface area contributed by atoms with Gasteiger partial charge in [0.05, 0.1) is 17.1 Å². The van der Waals surface area contributed by atoms with E-state index in [9.17, 15) is 4.79 Å². The highest BCUT2D eigenvalue weighted by Gasteiger charge is 2.22. The monoisotopic (exact) mass is 463 g/mol. The van der Waals surface area contributed by atoms with E-state index in [1.165, 1.54) is 11.1 Å². The number of hydrogen-bond acceptors (Lipinski definition) is 4. The first-order chi connectivity index (χ1) is 14.7. The van der Waals surface area contributed by atoms with Crippen molar-refractivity contribution in [1.29, 1.82) is 0 Å². The third-order valence-electron chi connectivity index (χ3n) is 5.33. The van der Waals surface area contributed by atoms with Crippen molar-refractivity contribution in [3.63, 3.8) is 0 Å². The summed E-state index contributed by atoms with van der Waals surface area (Å²) in [6.45, 7) is 0.228. The van der Waals surface area contributed by atoms with Gasteiger partial charge in [0.25, 0.3) is 5.56 Å². The lowest BCUT2D eigenvalue weighted by molar-refractivity contribution is 0.370. The molecule has 5 nitrogen and oxygen atoms in total. The van der Waals surface area contributed by atoms with Crippen molar-refractivity contribution in [3.8, 4) is 18.1 Å². The molecule has 1 fully saturated rings. The minimum Gasteiger partial charge on any atom is -0.481 e. The van der Waals surface area contributed by atoms with E-state index in [0.717, 1.165) is 41.5 Å². The van der Waals surface area contributed by atoms with Crippen LogP contribution < -0.4 is 10.3 Å². The molecule has 1 saturated carbocycles. The van der Waals surface area contributed by atoms with Gasteiger partial charge < -0.3 is 4.74 Å². The number of fused-ring (bicyclic) bond motifs is 1. The van der Waals surface area contributed by atoms with Crippen LogP contribution in [-0.2, 0) is 0 Å². The zero-order chi connectivity index (χ0) is 20.9. The Bertz CT molecular complexity index is 1170. The molecule has 152 valence electrons. The van der Waals surface area contributed by atoms with Gasteiger partial charge in [-0.05, 0) is 60.9 Å². The average Bonchev–Trinajstić information content (AvgIpc) is 2.78. The summed E-state index contributed by atoms with van der Waals surface area (Å²) >= 11 is 3.45.